The second kappa shape index (κ2) is 2.78. The number of hydrogen-bond acceptors (Lipinski definition) is 3. The fourth-order valence-corrected chi connectivity index (χ4v) is 3.04. The number of nitrogens with one attached hydrogen (secondary N) is 1. The van der Waals surface area contributed by atoms with E-state index < -0.39 is 0 Å². The third-order valence-corrected chi connectivity index (χ3v) is 3.94. The van der Waals surface area contributed by atoms with Gasteiger partial charge in [-0.15, -0.1) is 0 Å². The smallest absolute Gasteiger partial charge is 0.127 e. The molecule has 0 unspecified atom stereocenters. The minimum absolute atomic E-state index is 0.228. The van der Waals surface area contributed by atoms with Crippen molar-refractivity contribution in [2.45, 2.75) is 12.5 Å². The maximum absolute atomic E-state index is 6.25. The summed E-state index contributed by atoms with van der Waals surface area (Å²) in [4.78, 5) is 7.33. The lowest BCUT2D eigenvalue weighted by Gasteiger charge is -2.25. The first-order valence-corrected chi connectivity index (χ1v) is 5.25. The van der Waals surface area contributed by atoms with E-state index in [-0.39, 0.29) is 5.54 Å². The molecule has 0 spiro atoms. The Bertz CT molecular complexity index is 259. The Balaban J connectivity index is 2.32. The van der Waals surface area contributed by atoms with Gasteiger partial charge in [-0.1, -0.05) is 6.92 Å². The molecular weight excluding hydrogens is 170 g/mol. The summed E-state index contributed by atoms with van der Waals surface area (Å²) < 4.78 is 0. The molecule has 1 aliphatic rings. The number of nitrogens with two attached hydrogens (primary N) is 1. The largest absolute Gasteiger partial charge is 0.347 e. The highest BCUT2D eigenvalue weighted by molar-refractivity contribution is 7.99. The molecule has 0 saturated carbocycles. The van der Waals surface area contributed by atoms with Crippen molar-refractivity contribution in [2.24, 2.45) is 11.7 Å². The molecule has 0 radical (unpaired) electrons. The van der Waals surface area contributed by atoms with Gasteiger partial charge in [-0.05, 0) is 11.7 Å². The van der Waals surface area contributed by atoms with Crippen molar-refractivity contribution in [2.75, 3.05) is 11.5 Å². The summed E-state index contributed by atoms with van der Waals surface area (Å²) in [5.41, 5.74) is 6.03. The fourth-order valence-electron chi connectivity index (χ4n) is 1.52. The van der Waals surface area contributed by atoms with Crippen LogP contribution in [0.2, 0.25) is 0 Å². The highest BCUT2D eigenvalue weighted by atomic mass is 32.2. The number of imidazole rings is 1. The van der Waals surface area contributed by atoms with Crippen LogP contribution in [0.25, 0.3) is 0 Å². The predicted molar refractivity (Wildman–Crippen MR) is 50.9 cm³/mol. The van der Waals surface area contributed by atoms with Gasteiger partial charge in [0.1, 0.15) is 5.82 Å². The molecule has 1 aromatic heterocycles. The van der Waals surface area contributed by atoms with E-state index >= 15 is 0 Å². The van der Waals surface area contributed by atoms with E-state index in [0.29, 0.717) is 5.92 Å². The van der Waals surface area contributed by atoms with Gasteiger partial charge in [-0.3, -0.25) is 0 Å². The Labute approximate surface area is 76.1 Å². The van der Waals surface area contributed by atoms with Crippen LogP contribution in [0.1, 0.15) is 12.7 Å². The lowest BCUT2D eigenvalue weighted by molar-refractivity contribution is 0.363. The molecule has 3 nitrogen and oxygen atoms in total. The molecule has 1 saturated heterocycles. The zero-order valence-corrected chi connectivity index (χ0v) is 7.90. The van der Waals surface area contributed by atoms with Crippen LogP contribution in [-0.4, -0.2) is 21.5 Å². The van der Waals surface area contributed by atoms with Crippen molar-refractivity contribution in [1.82, 2.24) is 9.97 Å². The number of rotatable bonds is 1. The van der Waals surface area contributed by atoms with Crippen LogP contribution in [0.15, 0.2) is 12.4 Å². The molecule has 0 bridgehead atoms. The van der Waals surface area contributed by atoms with Gasteiger partial charge in [-0.2, -0.15) is 11.8 Å². The van der Waals surface area contributed by atoms with Gasteiger partial charge in [0.25, 0.3) is 0 Å². The Kier molecular flexibility index (Phi) is 1.88. The highest BCUT2D eigenvalue weighted by Gasteiger charge is 2.40. The molecular formula is C8H13N3S. The van der Waals surface area contributed by atoms with Gasteiger partial charge in [0, 0.05) is 18.1 Å². The lowest BCUT2D eigenvalue weighted by Crippen LogP contribution is -2.43. The zero-order chi connectivity index (χ0) is 8.60. The molecule has 0 amide bonds. The van der Waals surface area contributed by atoms with Crippen molar-refractivity contribution in [3.8, 4) is 0 Å². The molecule has 2 atom stereocenters. The molecule has 0 aromatic carbocycles. The van der Waals surface area contributed by atoms with Crippen LogP contribution in [0.5, 0.6) is 0 Å². The maximum atomic E-state index is 6.25. The van der Waals surface area contributed by atoms with Gasteiger partial charge in [-0.25, -0.2) is 4.98 Å². The number of aromatic nitrogens is 2. The highest BCUT2D eigenvalue weighted by Crippen LogP contribution is 2.37. The molecule has 66 valence electrons. The van der Waals surface area contributed by atoms with Crippen molar-refractivity contribution >= 4 is 11.8 Å². The molecule has 3 N–H and O–H groups in total. The van der Waals surface area contributed by atoms with E-state index in [2.05, 4.69) is 16.9 Å². The minimum Gasteiger partial charge on any atom is -0.347 e. The number of hydrogen-bond donors (Lipinski definition) is 2. The third kappa shape index (κ3) is 1.06. The number of aromatic amines is 1. The first kappa shape index (κ1) is 8.13. The topological polar surface area (TPSA) is 54.7 Å². The molecule has 1 fully saturated rings. The molecule has 4 heteroatoms. The van der Waals surface area contributed by atoms with Gasteiger partial charge < -0.3 is 10.7 Å². The van der Waals surface area contributed by atoms with E-state index in [9.17, 15) is 0 Å². The molecule has 2 heterocycles. The van der Waals surface area contributed by atoms with E-state index in [1.165, 1.54) is 0 Å². The lowest BCUT2D eigenvalue weighted by atomic mass is 9.89. The van der Waals surface area contributed by atoms with E-state index in [0.717, 1.165) is 17.3 Å². The quantitative estimate of drug-likeness (QED) is 0.681. The van der Waals surface area contributed by atoms with Crippen molar-refractivity contribution in [3.63, 3.8) is 0 Å². The van der Waals surface area contributed by atoms with Crippen LogP contribution in [0, 0.1) is 5.92 Å². The van der Waals surface area contributed by atoms with E-state index in [1.54, 1.807) is 6.20 Å². The normalized spacial score (nSPS) is 35.7. The summed E-state index contributed by atoms with van der Waals surface area (Å²) in [5.74, 6) is 3.55. The first-order valence-electron chi connectivity index (χ1n) is 4.10. The summed E-state index contributed by atoms with van der Waals surface area (Å²) in [6.45, 7) is 2.18. The summed E-state index contributed by atoms with van der Waals surface area (Å²) in [7, 11) is 0. The molecule has 1 aliphatic heterocycles. The molecule has 12 heavy (non-hydrogen) atoms. The average Bonchev–Trinajstić information content (AvgIpc) is 2.62. The van der Waals surface area contributed by atoms with Crippen LogP contribution >= 0.6 is 11.8 Å². The molecule has 1 aromatic rings. The third-order valence-electron chi connectivity index (χ3n) is 2.53. The number of thioether (sulfide) groups is 1. The van der Waals surface area contributed by atoms with Crippen LogP contribution in [0.4, 0.5) is 0 Å². The Morgan fingerprint density at radius 3 is 3.17 bits per heavy atom. The summed E-state index contributed by atoms with van der Waals surface area (Å²) >= 11 is 1.90. The Morgan fingerprint density at radius 2 is 2.67 bits per heavy atom. The standard InChI is InChI=1S/C8H13N3S/c1-6-4-12-5-8(6,9)7-10-2-3-11-7/h2-3,6H,4-5,9H2,1H3,(H,10,11)/t6-,8+/m0/s1. The van der Waals surface area contributed by atoms with Gasteiger partial charge in [0.2, 0.25) is 0 Å². The van der Waals surface area contributed by atoms with Crippen molar-refractivity contribution in [3.05, 3.63) is 18.2 Å². The second-order valence-corrected chi connectivity index (χ2v) is 4.42. The van der Waals surface area contributed by atoms with Crippen molar-refractivity contribution in [1.29, 1.82) is 0 Å². The zero-order valence-electron chi connectivity index (χ0n) is 7.08. The van der Waals surface area contributed by atoms with Crippen LogP contribution in [-0.2, 0) is 5.54 Å². The first-order chi connectivity index (χ1) is 5.73. The Hall–Kier alpha value is -0.480. The van der Waals surface area contributed by atoms with E-state index in [1.807, 2.05) is 18.0 Å². The van der Waals surface area contributed by atoms with Crippen molar-refractivity contribution < 1.29 is 0 Å². The second-order valence-electron chi connectivity index (χ2n) is 3.39. The Morgan fingerprint density at radius 1 is 1.83 bits per heavy atom. The van der Waals surface area contributed by atoms with E-state index in [4.69, 9.17) is 5.73 Å². The minimum atomic E-state index is -0.228. The predicted octanol–water partition coefficient (Wildman–Crippen LogP) is 0.947. The molecule has 2 rings (SSSR count). The summed E-state index contributed by atoms with van der Waals surface area (Å²) in [5, 5.41) is 0. The average molecular weight is 183 g/mol. The SMILES string of the molecule is C[C@H]1CSC[C@]1(N)c1ncc[nH]1. The van der Waals surface area contributed by atoms with Crippen LogP contribution in [0.3, 0.4) is 0 Å². The van der Waals surface area contributed by atoms with Crippen LogP contribution < -0.4 is 5.73 Å². The summed E-state index contributed by atoms with van der Waals surface area (Å²) in [6.07, 6.45) is 3.60. The summed E-state index contributed by atoms with van der Waals surface area (Å²) in [6, 6.07) is 0. The fraction of sp³-hybridized carbons (Fsp3) is 0.625. The molecule has 0 aliphatic carbocycles. The van der Waals surface area contributed by atoms with Gasteiger partial charge in [0.15, 0.2) is 0 Å². The van der Waals surface area contributed by atoms with Gasteiger partial charge >= 0.3 is 0 Å². The monoisotopic (exact) mass is 183 g/mol. The number of H-pyrrole nitrogens is 1. The number of nitrogens with zero attached hydrogens (tertiary/aromatic N) is 1. The maximum Gasteiger partial charge on any atom is 0.127 e. The van der Waals surface area contributed by atoms with Gasteiger partial charge in [0.05, 0.1) is 5.54 Å².